The van der Waals surface area contributed by atoms with E-state index in [0.29, 0.717) is 0 Å². The first-order valence-electron chi connectivity index (χ1n) is 7.78. The van der Waals surface area contributed by atoms with Gasteiger partial charge >= 0.3 is 0 Å². The Bertz CT molecular complexity index is 246. The van der Waals surface area contributed by atoms with Crippen LogP contribution < -0.4 is 0 Å². The van der Waals surface area contributed by atoms with Crippen molar-refractivity contribution in [1.29, 1.82) is 0 Å². The molecule has 0 N–H and O–H groups in total. The van der Waals surface area contributed by atoms with E-state index in [1.807, 2.05) is 0 Å². The maximum Gasteiger partial charge on any atom is 0.0113 e. The third kappa shape index (κ3) is 3.46. The van der Waals surface area contributed by atoms with Crippen molar-refractivity contribution in [3.05, 3.63) is 0 Å². The molecule has 0 aromatic rings. The number of hydrogen-bond acceptors (Lipinski definition) is 3. The third-order valence-electron chi connectivity index (χ3n) is 4.98. The second kappa shape index (κ2) is 6.36. The summed E-state index contributed by atoms with van der Waals surface area (Å²) in [6.07, 6.45) is 1.35. The average Bonchev–Trinajstić information content (AvgIpc) is 2.38. The van der Waals surface area contributed by atoms with Crippen LogP contribution in [0.3, 0.4) is 0 Å². The summed E-state index contributed by atoms with van der Waals surface area (Å²) in [5, 5.41) is 0. The topological polar surface area (TPSA) is 9.72 Å². The Morgan fingerprint density at radius 2 is 1.67 bits per heavy atom. The van der Waals surface area contributed by atoms with Gasteiger partial charge in [0, 0.05) is 44.8 Å². The second-order valence-electron chi connectivity index (χ2n) is 6.54. The van der Waals surface area contributed by atoms with Gasteiger partial charge in [-0.15, -0.1) is 0 Å². The molecule has 0 spiro atoms. The van der Waals surface area contributed by atoms with Crippen LogP contribution in [0.15, 0.2) is 0 Å². The van der Waals surface area contributed by atoms with Gasteiger partial charge in [-0.1, -0.05) is 6.92 Å². The maximum atomic E-state index is 2.65. The molecule has 0 unspecified atom stereocenters. The molecule has 2 heterocycles. The predicted octanol–water partition coefficient (Wildman–Crippen LogP) is 1.74. The van der Waals surface area contributed by atoms with E-state index in [0.717, 1.165) is 18.0 Å². The molecule has 3 heteroatoms. The van der Waals surface area contributed by atoms with Gasteiger partial charge in [-0.25, -0.2) is 0 Å². The minimum absolute atomic E-state index is 0.718. The molecule has 2 saturated heterocycles. The number of hydrogen-bond donors (Lipinski definition) is 0. The highest BCUT2D eigenvalue weighted by molar-refractivity contribution is 4.85. The Morgan fingerprint density at radius 1 is 1.00 bits per heavy atom. The second-order valence-corrected chi connectivity index (χ2v) is 6.54. The molecule has 2 aliphatic heterocycles. The first-order valence-corrected chi connectivity index (χ1v) is 7.78. The molecular weight excluding hydrogens is 222 g/mol. The molecule has 0 aliphatic carbocycles. The molecule has 0 amide bonds. The zero-order valence-electron chi connectivity index (χ0n) is 12.7. The highest BCUT2D eigenvalue weighted by Crippen LogP contribution is 2.23. The van der Waals surface area contributed by atoms with Crippen LogP contribution >= 0.6 is 0 Å². The van der Waals surface area contributed by atoms with E-state index in [-0.39, 0.29) is 0 Å². The van der Waals surface area contributed by atoms with Gasteiger partial charge in [0.1, 0.15) is 0 Å². The lowest BCUT2D eigenvalue weighted by molar-refractivity contribution is 0.0320. The SMILES string of the molecule is CC(C)N1CCN(CCCN2C[C@H](C)[C@@H]2C)CC1. The molecule has 0 aromatic heterocycles. The van der Waals surface area contributed by atoms with Gasteiger partial charge in [-0.3, -0.25) is 9.80 Å². The lowest BCUT2D eigenvalue weighted by Crippen LogP contribution is -2.54. The quantitative estimate of drug-likeness (QED) is 0.739. The van der Waals surface area contributed by atoms with Crippen molar-refractivity contribution in [2.24, 2.45) is 5.92 Å². The summed E-state index contributed by atoms with van der Waals surface area (Å²) < 4.78 is 0. The van der Waals surface area contributed by atoms with E-state index in [2.05, 4.69) is 42.4 Å². The zero-order valence-corrected chi connectivity index (χ0v) is 12.7. The van der Waals surface area contributed by atoms with E-state index in [1.165, 1.54) is 52.2 Å². The molecule has 2 atom stereocenters. The van der Waals surface area contributed by atoms with Crippen molar-refractivity contribution in [3.63, 3.8) is 0 Å². The van der Waals surface area contributed by atoms with Crippen molar-refractivity contribution < 1.29 is 0 Å². The van der Waals surface area contributed by atoms with E-state index < -0.39 is 0 Å². The summed E-state index contributed by atoms with van der Waals surface area (Å²) in [7, 11) is 0. The minimum atomic E-state index is 0.718. The smallest absolute Gasteiger partial charge is 0.0113 e. The van der Waals surface area contributed by atoms with Crippen LogP contribution in [0.4, 0.5) is 0 Å². The number of nitrogens with zero attached hydrogens (tertiary/aromatic N) is 3. The summed E-state index contributed by atoms with van der Waals surface area (Å²) >= 11 is 0. The number of rotatable bonds is 5. The Labute approximate surface area is 113 Å². The zero-order chi connectivity index (χ0) is 13.1. The normalized spacial score (nSPS) is 31.8. The van der Waals surface area contributed by atoms with Crippen molar-refractivity contribution in [2.45, 2.75) is 46.2 Å². The van der Waals surface area contributed by atoms with Crippen LogP contribution in [0, 0.1) is 5.92 Å². The summed E-state index contributed by atoms with van der Waals surface area (Å²) in [6.45, 7) is 18.3. The largest absolute Gasteiger partial charge is 0.301 e. The molecule has 0 bridgehead atoms. The van der Waals surface area contributed by atoms with Crippen molar-refractivity contribution in [2.75, 3.05) is 45.8 Å². The van der Waals surface area contributed by atoms with Crippen molar-refractivity contribution in [3.8, 4) is 0 Å². The molecule has 0 saturated carbocycles. The van der Waals surface area contributed by atoms with E-state index in [4.69, 9.17) is 0 Å². The highest BCUT2D eigenvalue weighted by Gasteiger charge is 2.30. The van der Waals surface area contributed by atoms with Crippen LogP contribution in [0.5, 0.6) is 0 Å². The third-order valence-corrected chi connectivity index (χ3v) is 4.98. The molecule has 2 fully saturated rings. The molecule has 2 rings (SSSR count). The fourth-order valence-corrected chi connectivity index (χ4v) is 3.21. The Morgan fingerprint density at radius 3 is 2.17 bits per heavy atom. The van der Waals surface area contributed by atoms with Gasteiger partial charge in [0.05, 0.1) is 0 Å². The van der Waals surface area contributed by atoms with Gasteiger partial charge < -0.3 is 4.90 Å². The molecule has 2 aliphatic rings. The van der Waals surface area contributed by atoms with Crippen molar-refractivity contribution in [1.82, 2.24) is 14.7 Å². The molecule has 0 aromatic carbocycles. The van der Waals surface area contributed by atoms with Crippen LogP contribution in [0.1, 0.15) is 34.1 Å². The van der Waals surface area contributed by atoms with E-state index in [9.17, 15) is 0 Å². The van der Waals surface area contributed by atoms with E-state index >= 15 is 0 Å². The summed E-state index contributed by atoms with van der Waals surface area (Å²) in [5.74, 6) is 0.916. The lowest BCUT2D eigenvalue weighted by atomic mass is 9.92. The summed E-state index contributed by atoms with van der Waals surface area (Å²) in [6, 6.07) is 1.54. The van der Waals surface area contributed by atoms with Crippen LogP contribution in [0.25, 0.3) is 0 Å². The standard InChI is InChI=1S/C15H31N3/c1-13(2)17-10-8-16(9-11-17)6-5-7-18-12-14(3)15(18)4/h13-15H,5-12H2,1-4H3/t14-,15-/m0/s1. The first kappa shape index (κ1) is 14.3. The van der Waals surface area contributed by atoms with Gasteiger partial charge in [0.2, 0.25) is 0 Å². The van der Waals surface area contributed by atoms with Gasteiger partial charge in [0.15, 0.2) is 0 Å². The molecule has 106 valence electrons. The number of piperazine rings is 1. The predicted molar refractivity (Wildman–Crippen MR) is 78.0 cm³/mol. The van der Waals surface area contributed by atoms with Crippen molar-refractivity contribution >= 4 is 0 Å². The average molecular weight is 253 g/mol. The van der Waals surface area contributed by atoms with Crippen LogP contribution in [-0.4, -0.2) is 72.6 Å². The highest BCUT2D eigenvalue weighted by atomic mass is 15.3. The summed E-state index contributed by atoms with van der Waals surface area (Å²) in [5.41, 5.74) is 0. The van der Waals surface area contributed by atoms with Gasteiger partial charge in [0.25, 0.3) is 0 Å². The molecule has 18 heavy (non-hydrogen) atoms. The summed E-state index contributed by atoms with van der Waals surface area (Å²) in [4.78, 5) is 7.87. The van der Waals surface area contributed by atoms with E-state index in [1.54, 1.807) is 0 Å². The maximum absolute atomic E-state index is 2.65. The Kier molecular flexibility index (Phi) is 5.05. The first-order chi connectivity index (χ1) is 8.58. The fourth-order valence-electron chi connectivity index (χ4n) is 3.21. The minimum Gasteiger partial charge on any atom is -0.301 e. The van der Waals surface area contributed by atoms with Gasteiger partial charge in [-0.2, -0.15) is 0 Å². The Balaban J connectivity index is 1.56. The molecular formula is C15H31N3. The van der Waals surface area contributed by atoms with Crippen LogP contribution in [0.2, 0.25) is 0 Å². The van der Waals surface area contributed by atoms with Gasteiger partial charge in [-0.05, 0) is 46.2 Å². The van der Waals surface area contributed by atoms with Crippen LogP contribution in [-0.2, 0) is 0 Å². The molecule has 3 nitrogen and oxygen atoms in total. The lowest BCUT2D eigenvalue weighted by Gasteiger charge is -2.45. The fraction of sp³-hybridized carbons (Fsp3) is 1.00. The Hall–Kier alpha value is -0.120. The monoisotopic (exact) mass is 253 g/mol. The number of likely N-dealkylation sites (tertiary alicyclic amines) is 1. The molecule has 0 radical (unpaired) electrons.